The summed E-state index contributed by atoms with van der Waals surface area (Å²) >= 11 is 0. The van der Waals surface area contributed by atoms with E-state index in [-0.39, 0.29) is 18.2 Å². The minimum atomic E-state index is -1.33. The van der Waals surface area contributed by atoms with Crippen molar-refractivity contribution < 1.29 is 23.8 Å². The van der Waals surface area contributed by atoms with Gasteiger partial charge >= 0.3 is 11.8 Å². The van der Waals surface area contributed by atoms with Crippen molar-refractivity contribution in [2.24, 2.45) is 5.92 Å². The van der Waals surface area contributed by atoms with Gasteiger partial charge < -0.3 is 20.5 Å². The minimum Gasteiger partial charge on any atom is -0.383 e. The van der Waals surface area contributed by atoms with Crippen molar-refractivity contribution in [3.05, 3.63) is 66.0 Å². The molecule has 0 bridgehead atoms. The van der Waals surface area contributed by atoms with Crippen LogP contribution < -0.4 is 10.6 Å². The van der Waals surface area contributed by atoms with Crippen LogP contribution in [-0.4, -0.2) is 36.7 Å². The second-order valence-corrected chi connectivity index (χ2v) is 6.79. The van der Waals surface area contributed by atoms with E-state index in [0.717, 1.165) is 0 Å². The van der Waals surface area contributed by atoms with Gasteiger partial charge in [0.25, 0.3) is 0 Å². The van der Waals surface area contributed by atoms with Crippen molar-refractivity contribution in [2.75, 3.05) is 25.1 Å². The maximum Gasteiger partial charge on any atom is 0.313 e. The van der Waals surface area contributed by atoms with Crippen LogP contribution in [0.3, 0.4) is 0 Å². The number of rotatable bonds is 5. The van der Waals surface area contributed by atoms with E-state index in [1.165, 1.54) is 18.2 Å². The Bertz CT molecular complexity index is 824. The number of halogens is 1. The number of nitrogens with one attached hydrogen (secondary N) is 2. The smallest absolute Gasteiger partial charge is 0.313 e. The molecule has 28 heavy (non-hydrogen) atoms. The lowest BCUT2D eigenvalue weighted by molar-refractivity contribution is -0.137. The number of carbonyl (C=O) groups is 2. The molecular weight excluding hydrogens is 363 g/mol. The quantitative estimate of drug-likeness (QED) is 0.688. The molecule has 2 aromatic rings. The Balaban J connectivity index is 1.70. The summed E-state index contributed by atoms with van der Waals surface area (Å²) in [5.41, 5.74) is -0.749. The Labute approximate surface area is 162 Å². The van der Waals surface area contributed by atoms with Crippen LogP contribution in [0, 0.1) is 11.7 Å². The molecule has 1 aliphatic heterocycles. The number of ether oxygens (including phenoxy) is 1. The van der Waals surface area contributed by atoms with Gasteiger partial charge in [-0.1, -0.05) is 42.5 Å². The minimum absolute atomic E-state index is 0.0783. The number of carbonyl (C=O) groups excluding carboxylic acids is 2. The first-order valence-electron chi connectivity index (χ1n) is 9.20. The molecular formula is C21H23FN2O4. The van der Waals surface area contributed by atoms with Crippen molar-refractivity contribution in [1.82, 2.24) is 5.32 Å². The first kappa shape index (κ1) is 20.0. The van der Waals surface area contributed by atoms with Crippen LogP contribution in [0.1, 0.15) is 18.4 Å². The molecule has 6 nitrogen and oxygen atoms in total. The third-order valence-electron chi connectivity index (χ3n) is 5.02. The molecule has 0 saturated carbocycles. The molecule has 2 amide bonds. The predicted molar refractivity (Wildman–Crippen MR) is 102 cm³/mol. The van der Waals surface area contributed by atoms with Crippen LogP contribution in [0.15, 0.2) is 54.6 Å². The van der Waals surface area contributed by atoms with E-state index < -0.39 is 23.2 Å². The maximum atomic E-state index is 13.7. The number of hydrogen-bond donors (Lipinski definition) is 3. The molecule has 1 saturated heterocycles. The van der Waals surface area contributed by atoms with Crippen LogP contribution in [0.4, 0.5) is 10.1 Å². The lowest BCUT2D eigenvalue weighted by Gasteiger charge is -2.39. The third-order valence-corrected chi connectivity index (χ3v) is 5.02. The zero-order chi connectivity index (χ0) is 20.0. The van der Waals surface area contributed by atoms with Gasteiger partial charge in [-0.2, -0.15) is 0 Å². The Morgan fingerprint density at radius 1 is 1.04 bits per heavy atom. The van der Waals surface area contributed by atoms with Gasteiger partial charge in [0.1, 0.15) is 11.4 Å². The highest BCUT2D eigenvalue weighted by molar-refractivity contribution is 6.39. The molecule has 0 aromatic heterocycles. The van der Waals surface area contributed by atoms with Crippen molar-refractivity contribution in [2.45, 2.75) is 18.4 Å². The van der Waals surface area contributed by atoms with Crippen LogP contribution >= 0.6 is 0 Å². The molecule has 1 heterocycles. The van der Waals surface area contributed by atoms with Crippen LogP contribution in [-0.2, 0) is 19.9 Å². The Hall–Kier alpha value is -2.77. The molecule has 7 heteroatoms. The number of benzene rings is 2. The van der Waals surface area contributed by atoms with Gasteiger partial charge in [0.15, 0.2) is 0 Å². The summed E-state index contributed by atoms with van der Waals surface area (Å²) < 4.78 is 19.0. The van der Waals surface area contributed by atoms with E-state index in [4.69, 9.17) is 4.74 Å². The van der Waals surface area contributed by atoms with Crippen molar-refractivity contribution in [3.63, 3.8) is 0 Å². The monoisotopic (exact) mass is 386 g/mol. The summed E-state index contributed by atoms with van der Waals surface area (Å²) in [7, 11) is 0. The summed E-state index contributed by atoms with van der Waals surface area (Å²) in [6.45, 7) is 0.925. The van der Waals surface area contributed by atoms with Gasteiger partial charge in [0.05, 0.1) is 12.2 Å². The van der Waals surface area contributed by atoms with Gasteiger partial charge in [0.2, 0.25) is 0 Å². The molecule has 3 N–H and O–H groups in total. The van der Waals surface area contributed by atoms with E-state index in [1.807, 2.05) is 18.2 Å². The van der Waals surface area contributed by atoms with Gasteiger partial charge in [0, 0.05) is 13.2 Å². The van der Waals surface area contributed by atoms with Crippen LogP contribution in [0.25, 0.3) is 0 Å². The van der Waals surface area contributed by atoms with E-state index in [2.05, 4.69) is 10.6 Å². The molecule has 0 spiro atoms. The van der Waals surface area contributed by atoms with Crippen LogP contribution in [0.2, 0.25) is 0 Å². The zero-order valence-electron chi connectivity index (χ0n) is 15.4. The first-order chi connectivity index (χ1) is 13.5. The molecule has 0 unspecified atom stereocenters. The fourth-order valence-corrected chi connectivity index (χ4v) is 3.42. The Morgan fingerprint density at radius 2 is 1.68 bits per heavy atom. The predicted octanol–water partition coefficient (Wildman–Crippen LogP) is 2.19. The summed E-state index contributed by atoms with van der Waals surface area (Å²) in [6, 6.07) is 14.6. The van der Waals surface area contributed by atoms with Gasteiger partial charge in [-0.05, 0) is 36.5 Å². The van der Waals surface area contributed by atoms with E-state index in [0.29, 0.717) is 31.6 Å². The highest BCUT2D eigenvalue weighted by Gasteiger charge is 2.39. The SMILES string of the molecule is O=C(NC[C@@](O)(c1ccccc1)C1CCOCC1)C(=O)Nc1ccccc1F. The molecule has 1 atom stereocenters. The fourth-order valence-electron chi connectivity index (χ4n) is 3.42. The van der Waals surface area contributed by atoms with E-state index >= 15 is 0 Å². The summed E-state index contributed by atoms with van der Waals surface area (Å²) in [5, 5.41) is 16.1. The Kier molecular flexibility index (Phi) is 6.38. The molecule has 0 aliphatic carbocycles. The topological polar surface area (TPSA) is 87.7 Å². The van der Waals surface area contributed by atoms with Gasteiger partial charge in [-0.3, -0.25) is 9.59 Å². The highest BCUT2D eigenvalue weighted by atomic mass is 19.1. The van der Waals surface area contributed by atoms with E-state index in [9.17, 15) is 19.1 Å². The number of amides is 2. The normalized spacial score (nSPS) is 16.8. The number of anilines is 1. The molecule has 148 valence electrons. The molecule has 3 rings (SSSR count). The van der Waals surface area contributed by atoms with E-state index in [1.54, 1.807) is 18.2 Å². The average Bonchev–Trinajstić information content (AvgIpc) is 2.74. The lowest BCUT2D eigenvalue weighted by atomic mass is 9.77. The first-order valence-corrected chi connectivity index (χ1v) is 9.20. The molecule has 0 radical (unpaired) electrons. The fraction of sp³-hybridized carbons (Fsp3) is 0.333. The van der Waals surface area contributed by atoms with Gasteiger partial charge in [-0.15, -0.1) is 0 Å². The highest BCUT2D eigenvalue weighted by Crippen LogP contribution is 2.35. The van der Waals surface area contributed by atoms with Gasteiger partial charge in [-0.25, -0.2) is 4.39 Å². The number of aliphatic hydroxyl groups is 1. The maximum absolute atomic E-state index is 13.7. The summed E-state index contributed by atoms with van der Waals surface area (Å²) in [6.07, 6.45) is 1.28. The number of para-hydroxylation sites is 1. The summed E-state index contributed by atoms with van der Waals surface area (Å²) in [5.74, 6) is -2.69. The average molecular weight is 386 g/mol. The lowest BCUT2D eigenvalue weighted by Crippen LogP contribution is -2.49. The molecule has 2 aromatic carbocycles. The third kappa shape index (κ3) is 4.55. The van der Waals surface area contributed by atoms with Crippen molar-refractivity contribution in [1.29, 1.82) is 0 Å². The van der Waals surface area contributed by atoms with Crippen LogP contribution in [0.5, 0.6) is 0 Å². The zero-order valence-corrected chi connectivity index (χ0v) is 15.4. The second kappa shape index (κ2) is 8.95. The molecule has 1 aliphatic rings. The van der Waals surface area contributed by atoms with Crippen molar-refractivity contribution >= 4 is 17.5 Å². The second-order valence-electron chi connectivity index (χ2n) is 6.79. The standard InChI is InChI=1S/C21H23FN2O4/c22-17-8-4-5-9-18(17)24-20(26)19(25)23-14-21(27,15-6-2-1-3-7-15)16-10-12-28-13-11-16/h1-9,16,27H,10-14H2,(H,23,25)(H,24,26)/t21-/m1/s1. The Morgan fingerprint density at radius 3 is 2.36 bits per heavy atom. The van der Waals surface area contributed by atoms with Crippen molar-refractivity contribution in [3.8, 4) is 0 Å². The number of hydrogen-bond acceptors (Lipinski definition) is 4. The summed E-state index contributed by atoms with van der Waals surface area (Å²) in [4.78, 5) is 24.3. The largest absolute Gasteiger partial charge is 0.383 e. The molecule has 1 fully saturated rings.